The number of amides is 1. The fourth-order valence-electron chi connectivity index (χ4n) is 3.49. The number of rotatable bonds is 6. The molecule has 0 spiro atoms. The molecule has 2 heterocycles. The lowest BCUT2D eigenvalue weighted by molar-refractivity contribution is -0.115. The number of carbonyl (C=O) groups is 1. The molecule has 0 aliphatic heterocycles. The second kappa shape index (κ2) is 9.22. The molecule has 0 bridgehead atoms. The zero-order chi connectivity index (χ0) is 21.6. The summed E-state index contributed by atoms with van der Waals surface area (Å²) >= 11 is 0. The van der Waals surface area contributed by atoms with Crippen LogP contribution >= 0.6 is 0 Å². The lowest BCUT2D eigenvalue weighted by atomic mass is 10.1. The summed E-state index contributed by atoms with van der Waals surface area (Å²) in [6.07, 6.45) is 5.97. The molecule has 4 rings (SSSR count). The van der Waals surface area contributed by atoms with Gasteiger partial charge in [0.05, 0.1) is 23.5 Å². The molecule has 31 heavy (non-hydrogen) atoms. The van der Waals surface area contributed by atoms with Crippen LogP contribution in [0.5, 0.6) is 0 Å². The number of pyridine rings is 1. The lowest BCUT2D eigenvalue weighted by Crippen LogP contribution is -2.15. The molecule has 0 unspecified atom stereocenters. The van der Waals surface area contributed by atoms with Gasteiger partial charge in [-0.1, -0.05) is 42.5 Å². The molecule has 1 N–H and O–H groups in total. The van der Waals surface area contributed by atoms with Crippen molar-refractivity contribution in [3.63, 3.8) is 0 Å². The van der Waals surface area contributed by atoms with Crippen molar-refractivity contribution < 1.29 is 4.79 Å². The molecule has 0 aliphatic rings. The van der Waals surface area contributed by atoms with Crippen molar-refractivity contribution in [3.8, 4) is 5.69 Å². The van der Waals surface area contributed by atoms with Crippen LogP contribution in [0.2, 0.25) is 0 Å². The Bertz CT molecular complexity index is 1210. The maximum absolute atomic E-state index is 12.7. The average Bonchev–Trinajstić information content (AvgIpc) is 3.07. The average molecular weight is 409 g/mol. The van der Waals surface area contributed by atoms with E-state index in [1.54, 1.807) is 6.20 Å². The molecule has 0 saturated heterocycles. The van der Waals surface area contributed by atoms with Gasteiger partial charge in [0.1, 0.15) is 0 Å². The fraction of sp³-hybridized carbons (Fsp3) is 0.115. The van der Waals surface area contributed by atoms with Crippen molar-refractivity contribution in [1.82, 2.24) is 14.8 Å². The van der Waals surface area contributed by atoms with Crippen LogP contribution in [0.1, 0.15) is 28.2 Å². The maximum atomic E-state index is 12.7. The quantitative estimate of drug-likeness (QED) is 0.475. The van der Waals surface area contributed by atoms with Crippen LogP contribution in [0.25, 0.3) is 17.8 Å². The first-order valence-electron chi connectivity index (χ1n) is 10.2. The summed E-state index contributed by atoms with van der Waals surface area (Å²) < 4.78 is 1.89. The molecular formula is C26H24N4O. The number of para-hydroxylation sites is 1. The van der Waals surface area contributed by atoms with E-state index in [0.29, 0.717) is 0 Å². The van der Waals surface area contributed by atoms with Crippen molar-refractivity contribution in [1.29, 1.82) is 0 Å². The van der Waals surface area contributed by atoms with Gasteiger partial charge in [-0.3, -0.25) is 9.78 Å². The molecule has 2 aromatic heterocycles. The summed E-state index contributed by atoms with van der Waals surface area (Å²) in [5, 5.41) is 7.64. The second-order valence-corrected chi connectivity index (χ2v) is 7.34. The first-order valence-corrected chi connectivity index (χ1v) is 10.2. The Morgan fingerprint density at radius 1 is 0.968 bits per heavy atom. The minimum absolute atomic E-state index is 0.0651. The number of nitrogens with one attached hydrogen (secondary N) is 1. The number of hydrogen-bond acceptors (Lipinski definition) is 3. The molecule has 0 atom stereocenters. The topological polar surface area (TPSA) is 59.8 Å². The first-order chi connectivity index (χ1) is 15.1. The third-order valence-corrected chi connectivity index (χ3v) is 5.08. The Balaban J connectivity index is 1.46. The van der Waals surface area contributed by atoms with Crippen LogP contribution in [-0.4, -0.2) is 20.7 Å². The minimum atomic E-state index is -0.0651. The summed E-state index contributed by atoms with van der Waals surface area (Å²) in [6, 6.07) is 23.5. The Morgan fingerprint density at radius 2 is 1.77 bits per heavy atom. The van der Waals surface area contributed by atoms with Gasteiger partial charge in [-0.25, -0.2) is 4.68 Å². The normalized spacial score (nSPS) is 11.0. The van der Waals surface area contributed by atoms with E-state index in [2.05, 4.69) is 15.4 Å². The first kappa shape index (κ1) is 20.3. The van der Waals surface area contributed by atoms with E-state index < -0.39 is 0 Å². The SMILES string of the molecule is Cc1nn(-c2ccccc2)c(C)c1CC(=O)Nc1cccc(C=Cc2ccccn2)c1. The van der Waals surface area contributed by atoms with Gasteiger partial charge in [0.15, 0.2) is 0 Å². The van der Waals surface area contributed by atoms with Gasteiger partial charge in [-0.05, 0) is 61.9 Å². The summed E-state index contributed by atoms with van der Waals surface area (Å²) in [4.78, 5) is 17.0. The second-order valence-electron chi connectivity index (χ2n) is 7.34. The molecule has 4 aromatic rings. The molecule has 154 valence electrons. The highest BCUT2D eigenvalue weighted by atomic mass is 16.1. The molecule has 2 aromatic carbocycles. The van der Waals surface area contributed by atoms with Crippen molar-refractivity contribution in [2.75, 3.05) is 5.32 Å². The minimum Gasteiger partial charge on any atom is -0.326 e. The molecule has 0 aliphatic carbocycles. The zero-order valence-corrected chi connectivity index (χ0v) is 17.6. The molecule has 5 nitrogen and oxygen atoms in total. The summed E-state index contributed by atoms with van der Waals surface area (Å²) in [5.41, 5.74) is 6.43. The highest BCUT2D eigenvalue weighted by molar-refractivity contribution is 5.93. The summed E-state index contributed by atoms with van der Waals surface area (Å²) in [7, 11) is 0. The summed E-state index contributed by atoms with van der Waals surface area (Å²) in [6.45, 7) is 3.94. The van der Waals surface area contributed by atoms with Crippen molar-refractivity contribution >= 4 is 23.7 Å². The van der Waals surface area contributed by atoms with E-state index >= 15 is 0 Å². The number of carbonyl (C=O) groups excluding carboxylic acids is 1. The third-order valence-electron chi connectivity index (χ3n) is 5.08. The standard InChI is InChI=1S/C26H24N4O/c1-19-25(20(2)30(29-19)24-12-4-3-5-13-24)18-26(31)28-23-11-8-9-21(17-23)14-15-22-10-6-7-16-27-22/h3-17H,18H2,1-2H3,(H,28,31). The van der Waals surface area contributed by atoms with Crippen LogP contribution < -0.4 is 5.32 Å². The largest absolute Gasteiger partial charge is 0.326 e. The van der Waals surface area contributed by atoms with Crippen LogP contribution in [0.15, 0.2) is 79.0 Å². The number of hydrogen-bond donors (Lipinski definition) is 1. The number of anilines is 1. The summed E-state index contributed by atoms with van der Waals surface area (Å²) in [5.74, 6) is -0.0651. The van der Waals surface area contributed by atoms with E-state index in [4.69, 9.17) is 0 Å². The third kappa shape index (κ3) is 4.95. The predicted molar refractivity (Wildman–Crippen MR) is 125 cm³/mol. The van der Waals surface area contributed by atoms with E-state index in [1.807, 2.05) is 103 Å². The highest BCUT2D eigenvalue weighted by Gasteiger charge is 2.16. The van der Waals surface area contributed by atoms with Crippen molar-refractivity contribution in [3.05, 3.63) is 107 Å². The van der Waals surface area contributed by atoms with E-state index in [-0.39, 0.29) is 12.3 Å². The Hall–Kier alpha value is -3.99. The van der Waals surface area contributed by atoms with Gasteiger partial charge in [-0.2, -0.15) is 5.10 Å². The number of benzene rings is 2. The number of aromatic nitrogens is 3. The monoisotopic (exact) mass is 408 g/mol. The molecule has 0 saturated carbocycles. The van der Waals surface area contributed by atoms with Crippen molar-refractivity contribution in [2.45, 2.75) is 20.3 Å². The van der Waals surface area contributed by atoms with Gasteiger partial charge in [-0.15, -0.1) is 0 Å². The molecule has 1 amide bonds. The van der Waals surface area contributed by atoms with Gasteiger partial charge in [0, 0.05) is 23.1 Å². The van der Waals surface area contributed by atoms with E-state index in [0.717, 1.165) is 39.6 Å². The molecular weight excluding hydrogens is 384 g/mol. The Kier molecular flexibility index (Phi) is 6.03. The fourth-order valence-corrected chi connectivity index (χ4v) is 3.49. The molecule has 0 radical (unpaired) electrons. The lowest BCUT2D eigenvalue weighted by Gasteiger charge is -2.07. The van der Waals surface area contributed by atoms with Gasteiger partial charge >= 0.3 is 0 Å². The Morgan fingerprint density at radius 3 is 2.55 bits per heavy atom. The van der Waals surface area contributed by atoms with Crippen LogP contribution in [-0.2, 0) is 11.2 Å². The predicted octanol–water partition coefficient (Wildman–Crippen LogP) is 5.24. The highest BCUT2D eigenvalue weighted by Crippen LogP contribution is 2.19. The molecule has 0 fully saturated rings. The maximum Gasteiger partial charge on any atom is 0.228 e. The van der Waals surface area contributed by atoms with Crippen LogP contribution in [0, 0.1) is 13.8 Å². The van der Waals surface area contributed by atoms with E-state index in [1.165, 1.54) is 0 Å². The van der Waals surface area contributed by atoms with Crippen LogP contribution in [0.4, 0.5) is 5.69 Å². The number of aryl methyl sites for hydroxylation is 1. The smallest absolute Gasteiger partial charge is 0.228 e. The van der Waals surface area contributed by atoms with Gasteiger partial charge in [0.2, 0.25) is 5.91 Å². The van der Waals surface area contributed by atoms with Gasteiger partial charge < -0.3 is 5.32 Å². The zero-order valence-electron chi connectivity index (χ0n) is 17.6. The van der Waals surface area contributed by atoms with Crippen molar-refractivity contribution in [2.24, 2.45) is 0 Å². The van der Waals surface area contributed by atoms with Gasteiger partial charge in [0.25, 0.3) is 0 Å². The number of nitrogens with zero attached hydrogens (tertiary/aromatic N) is 3. The van der Waals surface area contributed by atoms with E-state index in [9.17, 15) is 4.79 Å². The Labute approximate surface area is 182 Å². The van der Waals surface area contributed by atoms with Crippen LogP contribution in [0.3, 0.4) is 0 Å². The molecule has 5 heteroatoms.